The summed E-state index contributed by atoms with van der Waals surface area (Å²) in [4.78, 5) is 0. The second-order valence-electron chi connectivity index (χ2n) is 10.7. The summed E-state index contributed by atoms with van der Waals surface area (Å²) in [6.45, 7) is 0. The number of allylic oxidation sites excluding steroid dienone is 4. The van der Waals surface area contributed by atoms with Gasteiger partial charge in [-0.05, 0) is 70.7 Å². The topological polar surface area (TPSA) is 47.6 Å². The molecule has 8 rings (SSSR count). The number of benzene rings is 5. The third kappa shape index (κ3) is 3.97. The van der Waals surface area contributed by atoms with Crippen LogP contribution in [0.15, 0.2) is 121 Å². The summed E-state index contributed by atoms with van der Waals surface area (Å²) in [6.07, 6.45) is 4.87. The number of thiophene rings is 2. The lowest BCUT2D eigenvalue weighted by Crippen LogP contribution is -2.04. The molecule has 1 atom stereocenters. The zero-order valence-electron chi connectivity index (χ0n) is 22.5. The molecule has 0 radical (unpaired) electrons. The Morgan fingerprint density at radius 3 is 2.00 bits per heavy atom. The quantitative estimate of drug-likeness (QED) is 0.212. The van der Waals surface area contributed by atoms with E-state index in [-0.39, 0.29) is 5.92 Å². The minimum absolute atomic E-state index is 0.0663. The monoisotopic (exact) mass is 570 g/mol. The summed E-state index contributed by atoms with van der Waals surface area (Å²) < 4.78 is 5.04. The normalized spacial score (nSPS) is 15.0. The van der Waals surface area contributed by atoms with Gasteiger partial charge in [-0.2, -0.15) is 10.5 Å². The Balaban J connectivity index is 1.26. The lowest BCUT2D eigenvalue weighted by Gasteiger charge is -2.22. The maximum atomic E-state index is 10.1. The number of nitrogens with zero attached hydrogens (tertiary/aromatic N) is 2. The van der Waals surface area contributed by atoms with Crippen LogP contribution in [0.1, 0.15) is 29.0 Å². The average molecular weight is 571 g/mol. The second-order valence-corrected chi connectivity index (χ2v) is 12.8. The van der Waals surface area contributed by atoms with Crippen LogP contribution in [0.3, 0.4) is 0 Å². The Hall–Kier alpha value is -5.00. The van der Waals surface area contributed by atoms with Gasteiger partial charge in [0.05, 0.1) is 17.7 Å². The van der Waals surface area contributed by atoms with Crippen LogP contribution in [-0.2, 0) is 0 Å². The zero-order valence-corrected chi connectivity index (χ0v) is 24.1. The molecule has 0 aliphatic heterocycles. The fourth-order valence-corrected chi connectivity index (χ4v) is 8.86. The summed E-state index contributed by atoms with van der Waals surface area (Å²) in [5.74, 6) is 0.0663. The van der Waals surface area contributed by atoms with E-state index in [1.807, 2.05) is 29.5 Å². The van der Waals surface area contributed by atoms with Gasteiger partial charge in [-0.25, -0.2) is 0 Å². The smallest absolute Gasteiger partial charge is 0.0992 e. The molecule has 1 aliphatic rings. The molecule has 2 nitrogen and oxygen atoms in total. The van der Waals surface area contributed by atoms with Gasteiger partial charge in [0.2, 0.25) is 0 Å². The lowest BCUT2D eigenvalue weighted by atomic mass is 9.82. The van der Waals surface area contributed by atoms with Crippen molar-refractivity contribution in [3.63, 3.8) is 0 Å². The van der Waals surface area contributed by atoms with Crippen LogP contribution in [0.2, 0.25) is 0 Å². The molecule has 42 heavy (non-hydrogen) atoms. The highest BCUT2D eigenvalue weighted by atomic mass is 32.1. The van der Waals surface area contributed by atoms with Gasteiger partial charge in [0.1, 0.15) is 0 Å². The van der Waals surface area contributed by atoms with Gasteiger partial charge in [0.25, 0.3) is 0 Å². The van der Waals surface area contributed by atoms with E-state index in [9.17, 15) is 10.5 Å². The van der Waals surface area contributed by atoms with Crippen molar-refractivity contribution in [3.05, 3.63) is 138 Å². The van der Waals surface area contributed by atoms with Crippen molar-refractivity contribution in [1.29, 1.82) is 10.5 Å². The van der Waals surface area contributed by atoms with E-state index in [2.05, 4.69) is 109 Å². The summed E-state index contributed by atoms with van der Waals surface area (Å²) in [5.41, 5.74) is 6.77. The Labute approximate surface area is 251 Å². The minimum atomic E-state index is 0.0663. The van der Waals surface area contributed by atoms with E-state index in [0.717, 1.165) is 28.7 Å². The van der Waals surface area contributed by atoms with Crippen molar-refractivity contribution in [2.24, 2.45) is 0 Å². The number of nitriles is 2. The molecule has 0 saturated carbocycles. The zero-order chi connectivity index (χ0) is 28.2. The van der Waals surface area contributed by atoms with E-state index >= 15 is 0 Å². The maximum absolute atomic E-state index is 10.1. The maximum Gasteiger partial charge on any atom is 0.0992 e. The van der Waals surface area contributed by atoms with Gasteiger partial charge >= 0.3 is 0 Å². The Kier molecular flexibility index (Phi) is 5.79. The van der Waals surface area contributed by atoms with Crippen molar-refractivity contribution in [3.8, 4) is 23.3 Å². The SMILES string of the molecule is N#CC1=CC(c2cccc3c2sc2ccccc23)CC(c2cc(C#N)cc(-c3cccc4c3sc3ccccc34)c2)=C1. The van der Waals surface area contributed by atoms with Crippen molar-refractivity contribution in [2.75, 3.05) is 0 Å². The number of rotatable bonds is 3. The molecule has 0 fully saturated rings. The minimum Gasteiger partial charge on any atom is -0.192 e. The first-order valence-corrected chi connectivity index (χ1v) is 15.5. The molecule has 0 amide bonds. The van der Waals surface area contributed by atoms with Crippen LogP contribution >= 0.6 is 22.7 Å². The lowest BCUT2D eigenvalue weighted by molar-refractivity contribution is 0.872. The average Bonchev–Trinajstić information content (AvgIpc) is 3.63. The van der Waals surface area contributed by atoms with Gasteiger partial charge in [0.15, 0.2) is 0 Å². The van der Waals surface area contributed by atoms with E-state index in [1.165, 1.54) is 45.9 Å². The van der Waals surface area contributed by atoms with Gasteiger partial charge < -0.3 is 0 Å². The predicted molar refractivity (Wildman–Crippen MR) is 178 cm³/mol. The van der Waals surface area contributed by atoms with E-state index in [0.29, 0.717) is 11.1 Å². The molecule has 1 aliphatic carbocycles. The molecule has 0 bridgehead atoms. The van der Waals surface area contributed by atoms with Crippen molar-refractivity contribution < 1.29 is 0 Å². The molecule has 0 N–H and O–H groups in total. The highest BCUT2D eigenvalue weighted by Gasteiger charge is 2.22. The molecule has 5 aromatic carbocycles. The highest BCUT2D eigenvalue weighted by Crippen LogP contribution is 2.45. The third-order valence-electron chi connectivity index (χ3n) is 8.26. The predicted octanol–water partition coefficient (Wildman–Crippen LogP) is 11.0. The fourth-order valence-electron chi connectivity index (χ4n) is 6.35. The van der Waals surface area contributed by atoms with Crippen LogP contribution in [0.4, 0.5) is 0 Å². The van der Waals surface area contributed by atoms with E-state index in [1.54, 1.807) is 11.3 Å². The van der Waals surface area contributed by atoms with Gasteiger partial charge in [0, 0.05) is 51.8 Å². The largest absolute Gasteiger partial charge is 0.192 e. The molecule has 0 spiro atoms. The molecule has 1 unspecified atom stereocenters. The van der Waals surface area contributed by atoms with Crippen LogP contribution in [0, 0.1) is 22.7 Å². The Morgan fingerprint density at radius 1 is 0.619 bits per heavy atom. The summed E-state index contributed by atoms with van der Waals surface area (Å²) in [6, 6.07) is 41.0. The number of hydrogen-bond acceptors (Lipinski definition) is 4. The Morgan fingerprint density at radius 2 is 1.26 bits per heavy atom. The van der Waals surface area contributed by atoms with E-state index in [4.69, 9.17) is 0 Å². The van der Waals surface area contributed by atoms with Crippen LogP contribution < -0.4 is 0 Å². The van der Waals surface area contributed by atoms with Gasteiger partial charge in [-0.1, -0.05) is 78.9 Å². The number of hydrogen-bond donors (Lipinski definition) is 0. The molecular weight excluding hydrogens is 549 g/mol. The molecule has 4 heteroatoms. The van der Waals surface area contributed by atoms with Crippen molar-refractivity contribution >= 4 is 68.6 Å². The summed E-state index contributed by atoms with van der Waals surface area (Å²) in [5, 5.41) is 25.1. The number of fused-ring (bicyclic) bond motifs is 6. The molecule has 2 aromatic heterocycles. The first-order chi connectivity index (χ1) is 20.7. The summed E-state index contributed by atoms with van der Waals surface area (Å²) in [7, 11) is 0. The molecule has 2 heterocycles. The van der Waals surface area contributed by atoms with Gasteiger partial charge in [-0.3, -0.25) is 0 Å². The van der Waals surface area contributed by atoms with Crippen molar-refractivity contribution in [2.45, 2.75) is 12.3 Å². The van der Waals surface area contributed by atoms with Crippen molar-refractivity contribution in [1.82, 2.24) is 0 Å². The molecule has 7 aromatic rings. The van der Waals surface area contributed by atoms with Crippen LogP contribution in [-0.4, -0.2) is 0 Å². The highest BCUT2D eigenvalue weighted by molar-refractivity contribution is 7.26. The fraction of sp³-hybridized carbons (Fsp3) is 0.0526. The van der Waals surface area contributed by atoms with Gasteiger partial charge in [-0.15, -0.1) is 22.7 Å². The van der Waals surface area contributed by atoms with Crippen LogP contribution in [0.5, 0.6) is 0 Å². The first kappa shape index (κ1) is 24.8. The van der Waals surface area contributed by atoms with E-state index < -0.39 is 0 Å². The standard InChI is InChI=1S/C38H22N2S2/c39-21-23-15-25(19-27(17-23)29-9-5-11-33-31-7-1-3-13-35(31)41-37(29)33)26-16-24(22-40)18-28(20-26)30-10-6-12-34-32-8-2-4-14-36(32)42-38(30)34/h1-19,28H,20H2. The molecule has 0 saturated heterocycles. The first-order valence-electron chi connectivity index (χ1n) is 13.9. The van der Waals surface area contributed by atoms with Crippen LogP contribution in [0.25, 0.3) is 57.0 Å². The molecule has 196 valence electrons. The Bertz CT molecular complexity index is 2370. The summed E-state index contributed by atoms with van der Waals surface area (Å²) >= 11 is 3.62. The third-order valence-corrected chi connectivity index (χ3v) is 10.7. The second kappa shape index (κ2) is 9.82. The molecular formula is C38H22N2S2.